The number of hydrogen-bond donors (Lipinski definition) is 2. The normalized spacial score (nSPS) is 17.3. The molecule has 0 aromatic carbocycles. The van der Waals surface area contributed by atoms with Crippen molar-refractivity contribution in [2.45, 2.75) is 33.7 Å². The fourth-order valence-corrected chi connectivity index (χ4v) is 3.11. The Bertz CT molecular complexity index is 619. The molecule has 2 rings (SSSR count). The minimum Gasteiger partial charge on any atom is -0.355 e. The molecule has 1 unspecified atom stereocenters. The van der Waals surface area contributed by atoms with Crippen LogP contribution in [0, 0.1) is 13.8 Å². The van der Waals surface area contributed by atoms with E-state index in [0.29, 0.717) is 13.1 Å². The Hall–Kier alpha value is -1.93. The van der Waals surface area contributed by atoms with E-state index in [9.17, 15) is 9.59 Å². The highest BCUT2D eigenvalue weighted by atomic mass is 16.2. The third-order valence-corrected chi connectivity index (χ3v) is 4.83. The van der Waals surface area contributed by atoms with Crippen molar-refractivity contribution in [3.05, 3.63) is 11.4 Å². The molecule has 1 fully saturated rings. The van der Waals surface area contributed by atoms with Gasteiger partial charge in [0.1, 0.15) is 0 Å². The lowest BCUT2D eigenvalue weighted by Crippen LogP contribution is -2.54. The van der Waals surface area contributed by atoms with Crippen LogP contribution in [0.1, 0.15) is 25.2 Å². The second kappa shape index (κ2) is 8.44. The molecule has 25 heavy (non-hydrogen) atoms. The number of likely N-dealkylation sites (N-methyl/N-ethyl adjacent to an activating group) is 1. The van der Waals surface area contributed by atoms with E-state index in [1.165, 1.54) is 0 Å². The van der Waals surface area contributed by atoms with Crippen molar-refractivity contribution in [2.75, 3.05) is 44.6 Å². The monoisotopic (exact) mass is 350 g/mol. The molecule has 0 spiro atoms. The predicted octanol–water partition coefficient (Wildman–Crippen LogP) is 0.118. The summed E-state index contributed by atoms with van der Waals surface area (Å²) in [5.74, 6) is 0.0423. The van der Waals surface area contributed by atoms with E-state index in [2.05, 4.69) is 25.5 Å². The van der Waals surface area contributed by atoms with Crippen LogP contribution in [-0.2, 0) is 16.6 Å². The molecule has 2 amide bonds. The zero-order valence-corrected chi connectivity index (χ0v) is 15.9. The SMILES string of the molecule is CCNC(=O)CN1CCN(C(C)C(=O)Nc2c(C)nn(C)c2C)CC1. The molecule has 1 saturated heterocycles. The molecular weight excluding hydrogens is 320 g/mol. The van der Waals surface area contributed by atoms with Crippen molar-refractivity contribution in [3.8, 4) is 0 Å². The van der Waals surface area contributed by atoms with Gasteiger partial charge in [-0.3, -0.25) is 24.1 Å². The smallest absolute Gasteiger partial charge is 0.241 e. The van der Waals surface area contributed by atoms with E-state index in [-0.39, 0.29) is 17.9 Å². The van der Waals surface area contributed by atoms with Gasteiger partial charge in [-0.05, 0) is 27.7 Å². The lowest BCUT2D eigenvalue weighted by Gasteiger charge is -2.37. The number of amides is 2. The van der Waals surface area contributed by atoms with Gasteiger partial charge in [0, 0.05) is 39.8 Å². The fourth-order valence-electron chi connectivity index (χ4n) is 3.11. The molecule has 0 aliphatic carbocycles. The van der Waals surface area contributed by atoms with E-state index >= 15 is 0 Å². The fraction of sp³-hybridized carbons (Fsp3) is 0.706. The van der Waals surface area contributed by atoms with Gasteiger partial charge in [-0.1, -0.05) is 0 Å². The van der Waals surface area contributed by atoms with Gasteiger partial charge < -0.3 is 10.6 Å². The van der Waals surface area contributed by atoms with Crippen LogP contribution in [0.5, 0.6) is 0 Å². The Balaban J connectivity index is 1.86. The Morgan fingerprint density at radius 1 is 1.20 bits per heavy atom. The van der Waals surface area contributed by atoms with Gasteiger partial charge >= 0.3 is 0 Å². The zero-order valence-electron chi connectivity index (χ0n) is 15.9. The molecule has 1 aliphatic heterocycles. The Morgan fingerprint density at radius 2 is 1.84 bits per heavy atom. The molecule has 1 atom stereocenters. The van der Waals surface area contributed by atoms with E-state index in [1.807, 2.05) is 34.7 Å². The number of hydrogen-bond acceptors (Lipinski definition) is 5. The van der Waals surface area contributed by atoms with Crippen LogP contribution in [0.15, 0.2) is 0 Å². The second-order valence-corrected chi connectivity index (χ2v) is 6.60. The third-order valence-electron chi connectivity index (χ3n) is 4.83. The summed E-state index contributed by atoms with van der Waals surface area (Å²) in [6, 6.07) is -0.217. The van der Waals surface area contributed by atoms with Gasteiger partial charge in [-0.15, -0.1) is 0 Å². The summed E-state index contributed by atoms with van der Waals surface area (Å²) < 4.78 is 1.77. The maximum atomic E-state index is 12.6. The Kier molecular flexibility index (Phi) is 6.55. The number of carbonyl (C=O) groups excluding carboxylic acids is 2. The highest BCUT2D eigenvalue weighted by Crippen LogP contribution is 2.19. The van der Waals surface area contributed by atoms with Gasteiger partial charge in [-0.25, -0.2) is 0 Å². The predicted molar refractivity (Wildman–Crippen MR) is 97.5 cm³/mol. The number of aromatic nitrogens is 2. The summed E-state index contributed by atoms with van der Waals surface area (Å²) in [4.78, 5) is 28.6. The van der Waals surface area contributed by atoms with Crippen molar-refractivity contribution in [1.82, 2.24) is 24.9 Å². The van der Waals surface area contributed by atoms with E-state index in [4.69, 9.17) is 0 Å². The summed E-state index contributed by atoms with van der Waals surface area (Å²) in [6.07, 6.45) is 0. The quantitative estimate of drug-likeness (QED) is 0.761. The van der Waals surface area contributed by atoms with Crippen LogP contribution < -0.4 is 10.6 Å². The highest BCUT2D eigenvalue weighted by Gasteiger charge is 2.27. The number of rotatable bonds is 6. The van der Waals surface area contributed by atoms with Crippen LogP contribution in [0.4, 0.5) is 5.69 Å². The molecular formula is C17H30N6O2. The van der Waals surface area contributed by atoms with Gasteiger partial charge in [0.2, 0.25) is 11.8 Å². The largest absolute Gasteiger partial charge is 0.355 e. The second-order valence-electron chi connectivity index (χ2n) is 6.60. The molecule has 0 saturated carbocycles. The van der Waals surface area contributed by atoms with Gasteiger partial charge in [0.15, 0.2) is 0 Å². The molecule has 2 heterocycles. The van der Waals surface area contributed by atoms with Crippen molar-refractivity contribution < 1.29 is 9.59 Å². The van der Waals surface area contributed by atoms with Crippen LogP contribution in [0.3, 0.4) is 0 Å². The maximum absolute atomic E-state index is 12.6. The van der Waals surface area contributed by atoms with Crippen molar-refractivity contribution in [2.24, 2.45) is 7.05 Å². The highest BCUT2D eigenvalue weighted by molar-refractivity contribution is 5.95. The summed E-state index contributed by atoms with van der Waals surface area (Å²) >= 11 is 0. The minimum atomic E-state index is -0.217. The zero-order chi connectivity index (χ0) is 18.6. The molecule has 2 N–H and O–H groups in total. The summed E-state index contributed by atoms with van der Waals surface area (Å²) in [6.45, 7) is 11.9. The maximum Gasteiger partial charge on any atom is 0.241 e. The number of carbonyl (C=O) groups is 2. The first kappa shape index (κ1) is 19.4. The standard InChI is InChI=1S/C17H30N6O2/c1-6-18-15(24)11-22-7-9-23(10-8-22)14(4)17(25)19-16-12(2)20-21(5)13(16)3/h14H,6-11H2,1-5H3,(H,18,24)(H,19,25). The number of anilines is 1. The van der Waals surface area contributed by atoms with Crippen LogP contribution >= 0.6 is 0 Å². The molecule has 140 valence electrons. The number of nitrogens with one attached hydrogen (secondary N) is 2. The van der Waals surface area contributed by atoms with Crippen molar-refractivity contribution >= 4 is 17.5 Å². The first-order chi connectivity index (χ1) is 11.8. The first-order valence-electron chi connectivity index (χ1n) is 8.87. The molecule has 1 aromatic heterocycles. The van der Waals surface area contributed by atoms with Crippen molar-refractivity contribution in [3.63, 3.8) is 0 Å². The molecule has 0 radical (unpaired) electrons. The van der Waals surface area contributed by atoms with Gasteiger partial charge in [0.25, 0.3) is 0 Å². The van der Waals surface area contributed by atoms with Gasteiger partial charge in [-0.2, -0.15) is 5.10 Å². The van der Waals surface area contributed by atoms with Crippen LogP contribution in [0.2, 0.25) is 0 Å². The number of aryl methyl sites for hydroxylation is 2. The summed E-state index contributed by atoms with van der Waals surface area (Å²) in [7, 11) is 1.87. The Labute approximate surface area is 149 Å². The summed E-state index contributed by atoms with van der Waals surface area (Å²) in [5.41, 5.74) is 2.58. The molecule has 0 bridgehead atoms. The summed E-state index contributed by atoms with van der Waals surface area (Å²) in [5, 5.41) is 10.2. The lowest BCUT2D eigenvalue weighted by molar-refractivity contribution is -0.124. The molecule has 1 aliphatic rings. The topological polar surface area (TPSA) is 82.5 Å². The van der Waals surface area contributed by atoms with E-state index in [0.717, 1.165) is 43.3 Å². The molecule has 8 heteroatoms. The van der Waals surface area contributed by atoms with E-state index in [1.54, 1.807) is 4.68 Å². The number of nitrogens with zero attached hydrogens (tertiary/aromatic N) is 4. The Morgan fingerprint density at radius 3 is 2.36 bits per heavy atom. The van der Waals surface area contributed by atoms with Crippen molar-refractivity contribution in [1.29, 1.82) is 0 Å². The third kappa shape index (κ3) is 4.79. The first-order valence-corrected chi connectivity index (χ1v) is 8.87. The average molecular weight is 350 g/mol. The van der Waals surface area contributed by atoms with E-state index < -0.39 is 0 Å². The lowest BCUT2D eigenvalue weighted by atomic mass is 10.2. The molecule has 1 aromatic rings. The van der Waals surface area contributed by atoms with Gasteiger partial charge in [0.05, 0.1) is 29.7 Å². The number of piperazine rings is 1. The molecule has 8 nitrogen and oxygen atoms in total. The van der Waals surface area contributed by atoms with Crippen LogP contribution in [-0.4, -0.2) is 76.7 Å². The van der Waals surface area contributed by atoms with Crippen LogP contribution in [0.25, 0.3) is 0 Å². The average Bonchev–Trinajstić information content (AvgIpc) is 2.81. The minimum absolute atomic E-state index is 0.0172.